The summed E-state index contributed by atoms with van der Waals surface area (Å²) in [7, 11) is 0. The van der Waals surface area contributed by atoms with Gasteiger partial charge in [-0.3, -0.25) is 0 Å². The Hall–Kier alpha value is -3.58. The molecule has 0 bridgehead atoms. The second kappa shape index (κ2) is 11.2. The lowest BCUT2D eigenvalue weighted by Gasteiger charge is -2.33. The summed E-state index contributed by atoms with van der Waals surface area (Å²) >= 11 is 0. The highest BCUT2D eigenvalue weighted by Crippen LogP contribution is 2.26. The fraction of sp³-hybridized carbons (Fsp3) is 0.250. The van der Waals surface area contributed by atoms with Crippen LogP contribution in [-0.4, -0.2) is 23.1 Å². The molecule has 0 atom stereocenters. The minimum absolute atomic E-state index is 0.399. The zero-order valence-electron chi connectivity index (χ0n) is 18.2. The zero-order chi connectivity index (χ0) is 22.0. The van der Waals surface area contributed by atoms with Gasteiger partial charge in [-0.2, -0.15) is 0 Å². The molecule has 0 saturated carbocycles. The molecule has 32 heavy (non-hydrogen) atoms. The van der Waals surface area contributed by atoms with Gasteiger partial charge in [-0.05, 0) is 79.5 Å². The monoisotopic (exact) mass is 425 g/mol. The molecule has 1 aromatic heterocycles. The quantitative estimate of drug-likeness (QED) is 0.526. The summed E-state index contributed by atoms with van der Waals surface area (Å²) in [5.41, 5.74) is 4.31. The van der Waals surface area contributed by atoms with Crippen molar-refractivity contribution in [2.45, 2.75) is 25.7 Å². The maximum atomic E-state index is 13.3. The molecular weight excluding hydrogens is 397 g/mol. The van der Waals surface area contributed by atoms with E-state index in [-0.39, 0.29) is 0 Å². The Morgan fingerprint density at radius 1 is 0.906 bits per heavy atom. The number of nitrogens with one attached hydrogen (secondary N) is 1. The van der Waals surface area contributed by atoms with Crippen LogP contribution in [0, 0.1) is 23.6 Å². The van der Waals surface area contributed by atoms with Crippen molar-refractivity contribution in [1.29, 1.82) is 0 Å². The van der Waals surface area contributed by atoms with Crippen LogP contribution in [-0.2, 0) is 6.42 Å². The lowest BCUT2D eigenvalue weighted by atomic mass is 9.90. The van der Waals surface area contributed by atoms with Gasteiger partial charge in [0.2, 0.25) is 0 Å². The molecule has 0 unspecified atom stereocenters. The maximum Gasteiger partial charge on any atom is 0.141 e. The number of H-pyrrole nitrogens is 1. The van der Waals surface area contributed by atoms with Gasteiger partial charge in [0.25, 0.3) is 0 Å². The van der Waals surface area contributed by atoms with Crippen LogP contribution < -0.4 is 4.90 Å². The number of aromatic amines is 1. The van der Waals surface area contributed by atoms with E-state index in [0.29, 0.717) is 5.69 Å². The zero-order valence-corrected chi connectivity index (χ0v) is 18.2. The van der Waals surface area contributed by atoms with Gasteiger partial charge in [0, 0.05) is 24.3 Å². The van der Waals surface area contributed by atoms with Crippen LogP contribution in [0.5, 0.6) is 0 Å². The van der Waals surface area contributed by atoms with Gasteiger partial charge in [-0.15, -0.1) is 0 Å². The Labute approximate surface area is 189 Å². The molecule has 3 nitrogen and oxygen atoms in total. The molecule has 3 aromatic rings. The first kappa shape index (κ1) is 21.6. The number of aromatic nitrogens is 2. The van der Waals surface area contributed by atoms with Crippen molar-refractivity contribution in [2.75, 3.05) is 18.0 Å². The molecule has 1 saturated heterocycles. The largest absolute Gasteiger partial charge is 0.372 e. The highest BCUT2D eigenvalue weighted by atomic mass is 19.1. The van der Waals surface area contributed by atoms with Crippen molar-refractivity contribution >= 4 is 5.69 Å². The van der Waals surface area contributed by atoms with Gasteiger partial charge in [0.1, 0.15) is 5.82 Å². The third-order valence-electron chi connectivity index (χ3n) is 5.88. The Bertz CT molecular complexity index is 1100. The molecule has 4 heteroatoms. The molecule has 1 aliphatic rings. The minimum Gasteiger partial charge on any atom is -0.372 e. The standard InChI is InChI=1S/C28H28FN3/c29-26-7-4-8-27(31-22-30-21-26)14-11-24-12-15-28(16-13-24)32-19-17-25(18-20-32)10-9-23-5-2-1-3-6-23/h1-8,12-13,15-16,21-22,25H,9-10,17-20H2,(H,30,31). The van der Waals surface area contributed by atoms with E-state index >= 15 is 0 Å². The highest BCUT2D eigenvalue weighted by molar-refractivity contribution is 5.51. The van der Waals surface area contributed by atoms with E-state index in [0.717, 1.165) is 30.8 Å². The van der Waals surface area contributed by atoms with E-state index in [4.69, 9.17) is 0 Å². The highest BCUT2D eigenvalue weighted by Gasteiger charge is 2.19. The smallest absolute Gasteiger partial charge is 0.141 e. The summed E-state index contributed by atoms with van der Waals surface area (Å²) in [5, 5.41) is 0. The van der Waals surface area contributed by atoms with E-state index < -0.39 is 5.82 Å². The molecule has 2 heterocycles. The number of hydrogen-bond acceptors (Lipinski definition) is 2. The first-order valence-electron chi connectivity index (χ1n) is 11.2. The number of aryl methyl sites for hydroxylation is 1. The number of nitrogens with zero attached hydrogens (tertiary/aromatic N) is 2. The Morgan fingerprint density at radius 2 is 1.69 bits per heavy atom. The van der Waals surface area contributed by atoms with Gasteiger partial charge >= 0.3 is 0 Å². The topological polar surface area (TPSA) is 31.9 Å². The van der Waals surface area contributed by atoms with Crippen molar-refractivity contribution in [3.05, 3.63) is 108 Å². The average Bonchev–Trinajstić information content (AvgIpc) is 2.94. The maximum absolute atomic E-state index is 13.3. The third-order valence-corrected chi connectivity index (χ3v) is 5.88. The molecule has 4 rings (SSSR count). The van der Waals surface area contributed by atoms with E-state index in [1.807, 2.05) is 0 Å². The summed E-state index contributed by atoms with van der Waals surface area (Å²) in [6, 6.07) is 23.9. The van der Waals surface area contributed by atoms with Crippen LogP contribution in [0.2, 0.25) is 0 Å². The third kappa shape index (κ3) is 6.46. The Kier molecular flexibility index (Phi) is 7.55. The van der Waals surface area contributed by atoms with Crippen LogP contribution in [0.25, 0.3) is 0 Å². The van der Waals surface area contributed by atoms with E-state index in [9.17, 15) is 4.39 Å². The molecule has 2 aromatic carbocycles. The van der Waals surface area contributed by atoms with Gasteiger partial charge in [0.05, 0.1) is 18.2 Å². The minimum atomic E-state index is -0.399. The average molecular weight is 426 g/mol. The summed E-state index contributed by atoms with van der Waals surface area (Å²) in [6.45, 7) is 2.22. The number of halogens is 1. The first-order chi connectivity index (χ1) is 15.8. The lowest BCUT2D eigenvalue weighted by Crippen LogP contribution is -2.33. The van der Waals surface area contributed by atoms with Gasteiger partial charge in [-0.25, -0.2) is 9.37 Å². The van der Waals surface area contributed by atoms with Gasteiger partial charge < -0.3 is 9.88 Å². The Morgan fingerprint density at radius 3 is 2.47 bits per heavy atom. The number of piperidine rings is 1. The van der Waals surface area contributed by atoms with Crippen LogP contribution in [0.4, 0.5) is 10.1 Å². The molecule has 0 radical (unpaired) electrons. The fourth-order valence-electron chi connectivity index (χ4n) is 4.01. The summed E-state index contributed by atoms with van der Waals surface area (Å²) in [5.74, 6) is 6.65. The molecule has 1 N–H and O–H groups in total. The SMILES string of the molecule is Fc1cccc(C#Cc2ccc(N3CCC(CCc4ccccc4)CC3)cc2)[nH]cnc1. The lowest BCUT2D eigenvalue weighted by molar-refractivity contribution is 0.382. The molecular formula is C28H28FN3. The number of anilines is 1. The number of rotatable bonds is 4. The van der Waals surface area contributed by atoms with E-state index in [1.165, 1.54) is 49.3 Å². The summed E-state index contributed by atoms with van der Waals surface area (Å²) < 4.78 is 13.3. The Balaban J connectivity index is 1.32. The predicted molar refractivity (Wildman–Crippen MR) is 128 cm³/mol. The van der Waals surface area contributed by atoms with Crippen molar-refractivity contribution in [3.8, 4) is 11.8 Å². The molecule has 0 amide bonds. The van der Waals surface area contributed by atoms with Crippen LogP contribution in [0.15, 0.2) is 85.3 Å². The number of hydrogen-bond donors (Lipinski definition) is 1. The second-order valence-electron chi connectivity index (χ2n) is 8.13. The van der Waals surface area contributed by atoms with Crippen molar-refractivity contribution in [2.24, 2.45) is 5.92 Å². The molecule has 1 aliphatic heterocycles. The predicted octanol–water partition coefficient (Wildman–Crippen LogP) is 5.92. The summed E-state index contributed by atoms with van der Waals surface area (Å²) in [6.07, 6.45) is 7.53. The van der Waals surface area contributed by atoms with Crippen molar-refractivity contribution in [1.82, 2.24) is 9.97 Å². The van der Waals surface area contributed by atoms with Crippen LogP contribution in [0.1, 0.15) is 36.1 Å². The molecule has 162 valence electrons. The van der Waals surface area contributed by atoms with E-state index in [2.05, 4.69) is 81.3 Å². The van der Waals surface area contributed by atoms with Gasteiger partial charge in [-0.1, -0.05) is 42.3 Å². The fourth-order valence-corrected chi connectivity index (χ4v) is 4.01. The second-order valence-corrected chi connectivity index (χ2v) is 8.13. The molecule has 1 fully saturated rings. The van der Waals surface area contributed by atoms with Crippen LogP contribution in [0.3, 0.4) is 0 Å². The van der Waals surface area contributed by atoms with Crippen molar-refractivity contribution in [3.63, 3.8) is 0 Å². The molecule has 0 aliphatic carbocycles. The van der Waals surface area contributed by atoms with Crippen LogP contribution >= 0.6 is 0 Å². The van der Waals surface area contributed by atoms with E-state index in [1.54, 1.807) is 12.1 Å². The molecule has 0 spiro atoms. The summed E-state index contributed by atoms with van der Waals surface area (Å²) in [4.78, 5) is 9.27. The van der Waals surface area contributed by atoms with Crippen molar-refractivity contribution < 1.29 is 4.39 Å². The normalized spacial score (nSPS) is 13.7. The first-order valence-corrected chi connectivity index (χ1v) is 11.2. The van der Waals surface area contributed by atoms with Gasteiger partial charge in [0.15, 0.2) is 0 Å². The number of benzene rings is 2.